The molecule has 0 amide bonds. The fourth-order valence-corrected chi connectivity index (χ4v) is 4.23. The van der Waals surface area contributed by atoms with Gasteiger partial charge in [-0.15, -0.1) is 0 Å². The number of fused-ring (bicyclic) bond motifs is 1. The van der Waals surface area contributed by atoms with Crippen LogP contribution in [0.25, 0.3) is 16.6 Å². The smallest absolute Gasteiger partial charge is 0.266 e. The molecule has 6 heteroatoms. The molecular formula is C21H23N3O2S. The first-order valence-electron chi connectivity index (χ1n) is 9.24. The number of aromatic nitrogens is 2. The number of hydrogen-bond acceptors (Lipinski definition) is 5. The average Bonchev–Trinajstić information content (AvgIpc) is 2.70. The molecule has 1 aromatic heterocycles. The van der Waals surface area contributed by atoms with E-state index in [1.807, 2.05) is 55.5 Å². The van der Waals surface area contributed by atoms with Crippen molar-refractivity contribution in [3.05, 3.63) is 64.4 Å². The van der Waals surface area contributed by atoms with Crippen LogP contribution in [0.2, 0.25) is 0 Å². The molecule has 1 saturated heterocycles. The first-order valence-corrected chi connectivity index (χ1v) is 10.2. The van der Waals surface area contributed by atoms with E-state index in [1.54, 1.807) is 16.3 Å². The third-order valence-corrected chi connectivity index (χ3v) is 5.70. The molecular weight excluding hydrogens is 358 g/mol. The first kappa shape index (κ1) is 18.2. The van der Waals surface area contributed by atoms with Crippen LogP contribution in [-0.4, -0.2) is 53.1 Å². The molecule has 0 N–H and O–H groups in total. The Hall–Kier alpha value is -2.15. The van der Waals surface area contributed by atoms with E-state index in [-0.39, 0.29) is 5.56 Å². The largest absolute Gasteiger partial charge is 0.379 e. The topological polar surface area (TPSA) is 47.4 Å². The van der Waals surface area contributed by atoms with Gasteiger partial charge in [-0.25, -0.2) is 4.98 Å². The molecule has 0 spiro atoms. The summed E-state index contributed by atoms with van der Waals surface area (Å²) in [7, 11) is 0. The van der Waals surface area contributed by atoms with Crippen LogP contribution < -0.4 is 5.56 Å². The van der Waals surface area contributed by atoms with E-state index < -0.39 is 0 Å². The van der Waals surface area contributed by atoms with E-state index >= 15 is 0 Å². The molecule has 5 nitrogen and oxygen atoms in total. The summed E-state index contributed by atoms with van der Waals surface area (Å²) in [5.74, 6) is 0.886. The highest BCUT2D eigenvalue weighted by Crippen LogP contribution is 2.21. The zero-order valence-corrected chi connectivity index (χ0v) is 16.2. The van der Waals surface area contributed by atoms with Crippen LogP contribution >= 0.6 is 11.8 Å². The molecule has 0 bridgehead atoms. The van der Waals surface area contributed by atoms with Crippen LogP contribution in [0.5, 0.6) is 0 Å². The Kier molecular flexibility index (Phi) is 5.57. The quantitative estimate of drug-likeness (QED) is 0.502. The zero-order valence-electron chi connectivity index (χ0n) is 15.4. The van der Waals surface area contributed by atoms with Gasteiger partial charge < -0.3 is 4.74 Å². The van der Waals surface area contributed by atoms with Crippen molar-refractivity contribution in [2.75, 3.05) is 38.6 Å². The molecule has 0 radical (unpaired) electrons. The number of hydrogen-bond donors (Lipinski definition) is 0. The van der Waals surface area contributed by atoms with Crippen molar-refractivity contribution in [2.24, 2.45) is 0 Å². The van der Waals surface area contributed by atoms with Crippen molar-refractivity contribution < 1.29 is 4.74 Å². The van der Waals surface area contributed by atoms with Gasteiger partial charge in [-0.05, 0) is 31.2 Å². The van der Waals surface area contributed by atoms with Gasteiger partial charge in [0.15, 0.2) is 5.16 Å². The second kappa shape index (κ2) is 8.25. The molecule has 0 atom stereocenters. The van der Waals surface area contributed by atoms with Crippen molar-refractivity contribution >= 4 is 22.7 Å². The number of aryl methyl sites for hydroxylation is 1. The second-order valence-corrected chi connectivity index (χ2v) is 7.75. The highest BCUT2D eigenvalue weighted by molar-refractivity contribution is 7.99. The third-order valence-electron chi connectivity index (χ3n) is 4.78. The molecule has 27 heavy (non-hydrogen) atoms. The lowest BCUT2D eigenvalue weighted by molar-refractivity contribution is 0.0410. The molecule has 0 aliphatic carbocycles. The first-order chi connectivity index (χ1) is 13.2. The zero-order chi connectivity index (χ0) is 18.6. The van der Waals surface area contributed by atoms with Gasteiger partial charge in [0, 0.05) is 25.4 Å². The number of benzene rings is 2. The maximum atomic E-state index is 13.2. The summed E-state index contributed by atoms with van der Waals surface area (Å²) in [6.45, 7) is 6.54. The SMILES string of the molecule is Cc1ccc(-n2c(SCCN3CCOCC3)nc3ccccc3c2=O)cc1. The minimum absolute atomic E-state index is 0.0154. The van der Waals surface area contributed by atoms with E-state index in [4.69, 9.17) is 9.72 Å². The number of para-hydroxylation sites is 1. The van der Waals surface area contributed by atoms with Gasteiger partial charge in [0.2, 0.25) is 0 Å². The molecule has 1 aliphatic rings. The lowest BCUT2D eigenvalue weighted by atomic mass is 10.2. The van der Waals surface area contributed by atoms with Crippen LogP contribution in [0.15, 0.2) is 58.5 Å². The van der Waals surface area contributed by atoms with E-state index in [1.165, 1.54) is 5.56 Å². The van der Waals surface area contributed by atoms with Crippen molar-refractivity contribution in [3.8, 4) is 5.69 Å². The average molecular weight is 382 g/mol. The molecule has 140 valence electrons. The number of nitrogens with zero attached hydrogens (tertiary/aromatic N) is 3. The Labute approximate surface area is 163 Å². The van der Waals surface area contributed by atoms with Gasteiger partial charge in [0.25, 0.3) is 5.56 Å². The number of ether oxygens (including phenoxy) is 1. The molecule has 1 aliphatic heterocycles. The lowest BCUT2D eigenvalue weighted by Crippen LogP contribution is -2.37. The normalized spacial score (nSPS) is 15.3. The van der Waals surface area contributed by atoms with E-state index in [0.717, 1.165) is 55.0 Å². The fourth-order valence-electron chi connectivity index (χ4n) is 3.22. The summed E-state index contributed by atoms with van der Waals surface area (Å²) in [6, 6.07) is 15.6. The Bertz CT molecular complexity index is 979. The van der Waals surface area contributed by atoms with E-state index in [0.29, 0.717) is 5.39 Å². The molecule has 0 unspecified atom stereocenters. The van der Waals surface area contributed by atoms with Crippen LogP contribution in [0.1, 0.15) is 5.56 Å². The van der Waals surface area contributed by atoms with Crippen molar-refractivity contribution in [1.82, 2.24) is 14.5 Å². The highest BCUT2D eigenvalue weighted by atomic mass is 32.2. The number of morpholine rings is 1. The summed E-state index contributed by atoms with van der Waals surface area (Å²) >= 11 is 1.64. The van der Waals surface area contributed by atoms with E-state index in [2.05, 4.69) is 4.90 Å². The van der Waals surface area contributed by atoms with Crippen LogP contribution in [0.4, 0.5) is 0 Å². The fraction of sp³-hybridized carbons (Fsp3) is 0.333. The van der Waals surface area contributed by atoms with Crippen molar-refractivity contribution in [2.45, 2.75) is 12.1 Å². The number of thioether (sulfide) groups is 1. The van der Waals surface area contributed by atoms with Crippen molar-refractivity contribution in [1.29, 1.82) is 0 Å². The predicted molar refractivity (Wildman–Crippen MR) is 110 cm³/mol. The predicted octanol–water partition coefficient (Wildman–Crippen LogP) is 3.12. The summed E-state index contributed by atoms with van der Waals surface area (Å²) in [4.78, 5) is 20.4. The van der Waals surface area contributed by atoms with Crippen LogP contribution in [0.3, 0.4) is 0 Å². The van der Waals surface area contributed by atoms with Gasteiger partial charge in [0.05, 0.1) is 29.8 Å². The van der Waals surface area contributed by atoms with Gasteiger partial charge in [-0.3, -0.25) is 14.3 Å². The van der Waals surface area contributed by atoms with Gasteiger partial charge in [-0.2, -0.15) is 0 Å². The van der Waals surface area contributed by atoms with Crippen LogP contribution in [-0.2, 0) is 4.74 Å². The molecule has 0 saturated carbocycles. The lowest BCUT2D eigenvalue weighted by Gasteiger charge is -2.26. The Balaban J connectivity index is 1.67. The van der Waals surface area contributed by atoms with Crippen molar-refractivity contribution in [3.63, 3.8) is 0 Å². The summed E-state index contributed by atoms with van der Waals surface area (Å²) in [6.07, 6.45) is 0. The van der Waals surface area contributed by atoms with Gasteiger partial charge in [0.1, 0.15) is 0 Å². The maximum absolute atomic E-state index is 13.2. The standard InChI is InChI=1S/C21H23N3O2S/c1-16-6-8-17(9-7-16)24-20(25)18-4-2-3-5-19(18)22-21(24)27-15-12-23-10-13-26-14-11-23/h2-9H,10-15H2,1H3. The maximum Gasteiger partial charge on any atom is 0.266 e. The molecule has 2 heterocycles. The minimum Gasteiger partial charge on any atom is -0.379 e. The molecule has 3 aromatic rings. The third kappa shape index (κ3) is 4.08. The number of rotatable bonds is 5. The van der Waals surface area contributed by atoms with Gasteiger partial charge in [-0.1, -0.05) is 41.6 Å². The van der Waals surface area contributed by atoms with Crippen LogP contribution in [0, 0.1) is 6.92 Å². The minimum atomic E-state index is -0.0154. The Morgan fingerprint density at radius 2 is 1.81 bits per heavy atom. The Morgan fingerprint density at radius 3 is 2.59 bits per heavy atom. The monoisotopic (exact) mass is 381 g/mol. The van der Waals surface area contributed by atoms with Gasteiger partial charge >= 0.3 is 0 Å². The molecule has 1 fully saturated rings. The molecule has 2 aromatic carbocycles. The van der Waals surface area contributed by atoms with E-state index in [9.17, 15) is 4.79 Å². The molecule has 4 rings (SSSR count). The summed E-state index contributed by atoms with van der Waals surface area (Å²) in [5, 5.41) is 1.39. The second-order valence-electron chi connectivity index (χ2n) is 6.69. The Morgan fingerprint density at radius 1 is 1.07 bits per heavy atom. The summed E-state index contributed by atoms with van der Waals surface area (Å²) in [5.41, 5.74) is 2.76. The highest BCUT2D eigenvalue weighted by Gasteiger charge is 2.15. The summed E-state index contributed by atoms with van der Waals surface area (Å²) < 4.78 is 7.15.